The largest absolute Gasteiger partial charge is 0.465 e. The summed E-state index contributed by atoms with van der Waals surface area (Å²) in [5, 5.41) is 14.7. The topological polar surface area (TPSA) is 89.0 Å². The predicted octanol–water partition coefficient (Wildman–Crippen LogP) is 4.11. The summed E-state index contributed by atoms with van der Waals surface area (Å²) in [6.45, 7) is 1.93. The Morgan fingerprint density at radius 2 is 1.92 bits per heavy atom. The second-order valence-corrected chi connectivity index (χ2v) is 5.86. The lowest BCUT2D eigenvalue weighted by Gasteiger charge is -2.09. The number of aryl methyl sites for hydroxylation is 1. The summed E-state index contributed by atoms with van der Waals surface area (Å²) in [6, 6.07) is 12.5. The summed E-state index contributed by atoms with van der Waals surface area (Å²) < 4.78 is 4.72. The molecule has 0 aliphatic carbocycles. The molecule has 0 aliphatic heterocycles. The standard InChI is InChI=1S/C18H16ClN5O2/c1-11-6-7-14(9-15(11)19)22-18-23-16(10-20-24-18)21-13-5-3-4-12(8-13)17(25)26-2/h3-10H,1-2H3,(H2,21,22,23,24). The molecule has 0 saturated heterocycles. The second-order valence-electron chi connectivity index (χ2n) is 5.45. The monoisotopic (exact) mass is 369 g/mol. The Morgan fingerprint density at radius 1 is 1.12 bits per heavy atom. The van der Waals surface area contributed by atoms with E-state index in [0.717, 1.165) is 11.3 Å². The average molecular weight is 370 g/mol. The van der Waals surface area contributed by atoms with Gasteiger partial charge in [-0.1, -0.05) is 23.7 Å². The van der Waals surface area contributed by atoms with Crippen molar-refractivity contribution in [3.8, 4) is 0 Å². The molecule has 2 N–H and O–H groups in total. The molecule has 2 aromatic carbocycles. The van der Waals surface area contributed by atoms with Crippen LogP contribution in [-0.4, -0.2) is 28.3 Å². The second kappa shape index (κ2) is 7.79. The molecule has 7 nitrogen and oxygen atoms in total. The number of ether oxygens (including phenoxy) is 1. The first-order valence-corrected chi connectivity index (χ1v) is 8.11. The number of carbonyl (C=O) groups is 1. The van der Waals surface area contributed by atoms with Gasteiger partial charge in [0.05, 0.1) is 18.9 Å². The van der Waals surface area contributed by atoms with E-state index < -0.39 is 5.97 Å². The van der Waals surface area contributed by atoms with E-state index in [1.54, 1.807) is 30.3 Å². The highest BCUT2D eigenvalue weighted by Gasteiger charge is 2.07. The molecule has 0 bridgehead atoms. The first-order valence-electron chi connectivity index (χ1n) is 7.73. The van der Waals surface area contributed by atoms with E-state index in [-0.39, 0.29) is 0 Å². The SMILES string of the molecule is COC(=O)c1cccc(Nc2cnnc(Nc3ccc(C)c(Cl)c3)n2)c1. The third kappa shape index (κ3) is 4.25. The predicted molar refractivity (Wildman–Crippen MR) is 100 cm³/mol. The van der Waals surface area contributed by atoms with Crippen LogP contribution in [0.3, 0.4) is 0 Å². The Balaban J connectivity index is 1.77. The van der Waals surface area contributed by atoms with Crippen molar-refractivity contribution in [1.82, 2.24) is 15.2 Å². The summed E-state index contributed by atoms with van der Waals surface area (Å²) >= 11 is 6.12. The van der Waals surface area contributed by atoms with E-state index in [1.165, 1.54) is 13.3 Å². The zero-order chi connectivity index (χ0) is 18.5. The van der Waals surface area contributed by atoms with Crippen LogP contribution in [0.4, 0.5) is 23.1 Å². The summed E-state index contributed by atoms with van der Waals surface area (Å²) in [4.78, 5) is 16.0. The van der Waals surface area contributed by atoms with Crippen molar-refractivity contribution in [2.45, 2.75) is 6.92 Å². The van der Waals surface area contributed by atoms with Crippen molar-refractivity contribution in [3.05, 3.63) is 64.8 Å². The number of methoxy groups -OCH3 is 1. The molecule has 3 rings (SSSR count). The minimum atomic E-state index is -0.409. The third-order valence-corrected chi connectivity index (χ3v) is 3.95. The maximum absolute atomic E-state index is 11.6. The lowest BCUT2D eigenvalue weighted by molar-refractivity contribution is 0.0601. The number of rotatable bonds is 5. The first-order chi connectivity index (χ1) is 12.5. The van der Waals surface area contributed by atoms with Crippen LogP contribution in [0.2, 0.25) is 5.02 Å². The average Bonchev–Trinajstić information content (AvgIpc) is 2.64. The molecule has 26 heavy (non-hydrogen) atoms. The molecular weight excluding hydrogens is 354 g/mol. The Morgan fingerprint density at radius 3 is 2.69 bits per heavy atom. The summed E-state index contributed by atoms with van der Waals surface area (Å²) in [7, 11) is 1.34. The fraction of sp³-hybridized carbons (Fsp3) is 0.111. The maximum atomic E-state index is 11.6. The number of carbonyl (C=O) groups excluding carboxylic acids is 1. The highest BCUT2D eigenvalue weighted by Crippen LogP contribution is 2.22. The molecule has 3 aromatic rings. The van der Waals surface area contributed by atoms with Crippen LogP contribution in [0.15, 0.2) is 48.7 Å². The molecule has 0 amide bonds. The molecule has 1 heterocycles. The molecule has 0 saturated carbocycles. The van der Waals surface area contributed by atoms with Gasteiger partial charge >= 0.3 is 5.97 Å². The molecule has 0 unspecified atom stereocenters. The van der Waals surface area contributed by atoms with Gasteiger partial charge in [-0.05, 0) is 42.8 Å². The highest BCUT2D eigenvalue weighted by atomic mass is 35.5. The van der Waals surface area contributed by atoms with Crippen molar-refractivity contribution in [3.63, 3.8) is 0 Å². The Kier molecular flexibility index (Phi) is 5.28. The van der Waals surface area contributed by atoms with Gasteiger partial charge in [-0.25, -0.2) is 4.79 Å². The summed E-state index contributed by atoms with van der Waals surface area (Å²) in [5.74, 6) is 0.384. The van der Waals surface area contributed by atoms with Crippen LogP contribution in [-0.2, 0) is 4.74 Å². The van der Waals surface area contributed by atoms with E-state index in [9.17, 15) is 4.79 Å². The zero-order valence-electron chi connectivity index (χ0n) is 14.2. The van der Waals surface area contributed by atoms with Gasteiger partial charge < -0.3 is 15.4 Å². The van der Waals surface area contributed by atoms with Gasteiger partial charge in [0.15, 0.2) is 5.82 Å². The lowest BCUT2D eigenvalue weighted by atomic mass is 10.2. The number of esters is 1. The van der Waals surface area contributed by atoms with E-state index in [2.05, 4.69) is 25.8 Å². The van der Waals surface area contributed by atoms with Crippen molar-refractivity contribution in [2.24, 2.45) is 0 Å². The van der Waals surface area contributed by atoms with Gasteiger partial charge in [-0.2, -0.15) is 10.1 Å². The van der Waals surface area contributed by atoms with Gasteiger partial charge in [0, 0.05) is 16.4 Å². The lowest BCUT2D eigenvalue weighted by Crippen LogP contribution is -2.04. The molecule has 0 spiro atoms. The summed E-state index contributed by atoms with van der Waals surface area (Å²) in [5.41, 5.74) is 2.86. The number of nitrogens with zero attached hydrogens (tertiary/aromatic N) is 3. The van der Waals surface area contributed by atoms with Crippen molar-refractivity contribution in [1.29, 1.82) is 0 Å². The van der Waals surface area contributed by atoms with Crippen molar-refractivity contribution in [2.75, 3.05) is 17.7 Å². The van der Waals surface area contributed by atoms with Gasteiger partial charge in [0.25, 0.3) is 0 Å². The van der Waals surface area contributed by atoms with Crippen LogP contribution >= 0.6 is 11.6 Å². The molecule has 0 aliphatic rings. The van der Waals surface area contributed by atoms with E-state index in [4.69, 9.17) is 16.3 Å². The van der Waals surface area contributed by atoms with E-state index in [0.29, 0.717) is 28.0 Å². The van der Waals surface area contributed by atoms with E-state index in [1.807, 2.05) is 19.1 Å². The summed E-state index contributed by atoms with van der Waals surface area (Å²) in [6.07, 6.45) is 1.48. The van der Waals surface area contributed by atoms with Crippen LogP contribution in [0.25, 0.3) is 0 Å². The molecule has 0 fully saturated rings. The molecule has 0 atom stereocenters. The number of benzene rings is 2. The highest BCUT2D eigenvalue weighted by molar-refractivity contribution is 6.31. The van der Waals surface area contributed by atoms with Crippen LogP contribution in [0.5, 0.6) is 0 Å². The Labute approximate surface area is 155 Å². The Hall–Kier alpha value is -3.19. The number of hydrogen-bond donors (Lipinski definition) is 2. The third-order valence-electron chi connectivity index (χ3n) is 3.54. The van der Waals surface area contributed by atoms with Crippen LogP contribution < -0.4 is 10.6 Å². The van der Waals surface area contributed by atoms with E-state index >= 15 is 0 Å². The van der Waals surface area contributed by atoms with Gasteiger partial charge in [0.1, 0.15) is 0 Å². The smallest absolute Gasteiger partial charge is 0.337 e. The molecular formula is C18H16ClN5O2. The van der Waals surface area contributed by atoms with Crippen LogP contribution in [0, 0.1) is 6.92 Å². The fourth-order valence-electron chi connectivity index (χ4n) is 2.21. The van der Waals surface area contributed by atoms with Gasteiger partial charge in [-0.15, -0.1) is 5.10 Å². The minimum absolute atomic E-state index is 0.319. The molecule has 1 aromatic heterocycles. The number of hydrogen-bond acceptors (Lipinski definition) is 7. The van der Waals surface area contributed by atoms with Gasteiger partial charge in [-0.3, -0.25) is 0 Å². The number of halogens is 1. The zero-order valence-corrected chi connectivity index (χ0v) is 14.9. The number of anilines is 4. The minimum Gasteiger partial charge on any atom is -0.465 e. The van der Waals surface area contributed by atoms with Crippen LogP contribution in [0.1, 0.15) is 15.9 Å². The molecule has 132 valence electrons. The first kappa shape index (κ1) is 17.6. The molecule has 0 radical (unpaired) electrons. The Bertz CT molecular complexity index is 948. The quantitative estimate of drug-likeness (QED) is 0.654. The fourth-order valence-corrected chi connectivity index (χ4v) is 2.39. The normalized spacial score (nSPS) is 10.3. The van der Waals surface area contributed by atoms with Crippen molar-refractivity contribution >= 4 is 40.7 Å². The van der Waals surface area contributed by atoms with Crippen molar-refractivity contribution < 1.29 is 9.53 Å². The van der Waals surface area contributed by atoms with Gasteiger partial charge in [0.2, 0.25) is 5.95 Å². The number of aromatic nitrogens is 3. The molecule has 8 heteroatoms. The number of nitrogens with one attached hydrogen (secondary N) is 2. The maximum Gasteiger partial charge on any atom is 0.337 e.